The Kier molecular flexibility index (Phi) is 5.19. The van der Waals surface area contributed by atoms with E-state index in [1.807, 2.05) is 30.3 Å². The fourth-order valence-corrected chi connectivity index (χ4v) is 2.49. The molecular formula is C15H23NO3. The maximum Gasteiger partial charge on any atom is 0.119 e. The number of hydrogen-bond donors (Lipinski definition) is 1. The monoisotopic (exact) mass is 265 g/mol. The molecule has 0 saturated carbocycles. The molecule has 1 aromatic rings. The summed E-state index contributed by atoms with van der Waals surface area (Å²) in [6.45, 7) is 6.82. The highest BCUT2D eigenvalue weighted by Gasteiger charge is 2.23. The Labute approximate surface area is 114 Å². The summed E-state index contributed by atoms with van der Waals surface area (Å²) in [6, 6.07) is 9.58. The average Bonchev–Trinajstić information content (AvgIpc) is 2.36. The Balaban J connectivity index is 1.73. The zero-order chi connectivity index (χ0) is 13.7. The zero-order valence-corrected chi connectivity index (χ0v) is 11.7. The van der Waals surface area contributed by atoms with Crippen molar-refractivity contribution >= 4 is 0 Å². The quantitative estimate of drug-likeness (QED) is 0.877. The maximum absolute atomic E-state index is 10.0. The molecule has 0 spiro atoms. The first-order valence-corrected chi connectivity index (χ1v) is 6.87. The van der Waals surface area contributed by atoms with Crippen LogP contribution in [-0.4, -0.2) is 54.6 Å². The normalized spacial score (nSPS) is 26.1. The fourth-order valence-electron chi connectivity index (χ4n) is 2.49. The van der Waals surface area contributed by atoms with Gasteiger partial charge in [-0.05, 0) is 26.0 Å². The summed E-state index contributed by atoms with van der Waals surface area (Å²) in [5.74, 6) is 0.797. The molecule has 1 aromatic carbocycles. The molecule has 0 aromatic heterocycles. The molecule has 1 aliphatic heterocycles. The Morgan fingerprint density at radius 2 is 1.89 bits per heavy atom. The first-order chi connectivity index (χ1) is 9.13. The van der Waals surface area contributed by atoms with Crippen LogP contribution in [0.4, 0.5) is 0 Å². The molecule has 0 unspecified atom stereocenters. The van der Waals surface area contributed by atoms with Gasteiger partial charge >= 0.3 is 0 Å². The van der Waals surface area contributed by atoms with E-state index in [9.17, 15) is 5.11 Å². The molecular weight excluding hydrogens is 242 g/mol. The highest BCUT2D eigenvalue weighted by molar-refractivity contribution is 5.20. The molecule has 1 aliphatic rings. The number of benzene rings is 1. The molecule has 19 heavy (non-hydrogen) atoms. The van der Waals surface area contributed by atoms with E-state index in [4.69, 9.17) is 9.47 Å². The highest BCUT2D eigenvalue weighted by atomic mass is 16.5. The van der Waals surface area contributed by atoms with Gasteiger partial charge < -0.3 is 14.6 Å². The van der Waals surface area contributed by atoms with E-state index in [1.54, 1.807) is 0 Å². The van der Waals surface area contributed by atoms with Crippen LogP contribution in [0, 0.1) is 0 Å². The summed E-state index contributed by atoms with van der Waals surface area (Å²) >= 11 is 0. The second-order valence-electron chi connectivity index (χ2n) is 5.25. The van der Waals surface area contributed by atoms with Crippen molar-refractivity contribution in [2.24, 2.45) is 0 Å². The van der Waals surface area contributed by atoms with Crippen molar-refractivity contribution in [1.82, 2.24) is 4.90 Å². The number of para-hydroxylation sites is 1. The number of nitrogens with zero attached hydrogens (tertiary/aromatic N) is 1. The molecule has 1 heterocycles. The van der Waals surface area contributed by atoms with E-state index in [0.29, 0.717) is 13.2 Å². The van der Waals surface area contributed by atoms with Crippen LogP contribution in [0.2, 0.25) is 0 Å². The minimum absolute atomic E-state index is 0.228. The first-order valence-electron chi connectivity index (χ1n) is 6.87. The van der Waals surface area contributed by atoms with Gasteiger partial charge in [-0.2, -0.15) is 0 Å². The van der Waals surface area contributed by atoms with E-state index in [-0.39, 0.29) is 12.2 Å². The molecule has 4 nitrogen and oxygen atoms in total. The number of morpholine rings is 1. The fraction of sp³-hybridized carbons (Fsp3) is 0.600. The Hall–Kier alpha value is -1.10. The van der Waals surface area contributed by atoms with Crippen molar-refractivity contribution in [2.45, 2.75) is 32.2 Å². The summed E-state index contributed by atoms with van der Waals surface area (Å²) in [7, 11) is 0. The van der Waals surface area contributed by atoms with Gasteiger partial charge in [0, 0.05) is 19.6 Å². The van der Waals surface area contributed by atoms with E-state index in [2.05, 4.69) is 18.7 Å². The molecule has 2 rings (SSSR count). The van der Waals surface area contributed by atoms with Crippen LogP contribution in [0.15, 0.2) is 30.3 Å². The van der Waals surface area contributed by atoms with Crippen molar-refractivity contribution in [1.29, 1.82) is 0 Å². The third-order valence-corrected chi connectivity index (χ3v) is 3.15. The van der Waals surface area contributed by atoms with Crippen molar-refractivity contribution in [2.75, 3.05) is 26.2 Å². The maximum atomic E-state index is 10.0. The Bertz CT molecular complexity index is 361. The summed E-state index contributed by atoms with van der Waals surface area (Å²) in [6.07, 6.45) is -0.0188. The summed E-state index contributed by atoms with van der Waals surface area (Å²) in [4.78, 5) is 2.23. The third kappa shape index (κ3) is 4.82. The SMILES string of the molecule is C[C@@H]1CN(C[C@@H](O)COc2ccccc2)C[C@H](C)O1. The summed E-state index contributed by atoms with van der Waals surface area (Å²) in [5.41, 5.74) is 0. The van der Waals surface area contributed by atoms with Crippen LogP contribution in [0.1, 0.15) is 13.8 Å². The number of β-amino-alcohol motifs (C(OH)–C–C–N with tert-alkyl or cyclic N) is 1. The third-order valence-electron chi connectivity index (χ3n) is 3.15. The predicted molar refractivity (Wildman–Crippen MR) is 74.4 cm³/mol. The van der Waals surface area contributed by atoms with E-state index in [1.165, 1.54) is 0 Å². The van der Waals surface area contributed by atoms with Crippen LogP contribution in [0.5, 0.6) is 5.75 Å². The molecule has 1 N–H and O–H groups in total. The van der Waals surface area contributed by atoms with Gasteiger partial charge in [-0.25, -0.2) is 0 Å². The second-order valence-corrected chi connectivity index (χ2v) is 5.25. The lowest BCUT2D eigenvalue weighted by molar-refractivity contribution is -0.0786. The van der Waals surface area contributed by atoms with Crippen LogP contribution in [-0.2, 0) is 4.74 Å². The number of aliphatic hydroxyl groups is 1. The molecule has 1 saturated heterocycles. The number of ether oxygens (including phenoxy) is 2. The molecule has 0 amide bonds. The van der Waals surface area contributed by atoms with Gasteiger partial charge in [0.25, 0.3) is 0 Å². The van der Waals surface area contributed by atoms with Crippen LogP contribution < -0.4 is 4.74 Å². The summed E-state index contributed by atoms with van der Waals surface area (Å²) in [5, 5.41) is 10.0. The standard InChI is InChI=1S/C15H23NO3/c1-12-8-16(9-13(2)19-12)10-14(17)11-18-15-6-4-3-5-7-15/h3-7,12-14,17H,8-11H2,1-2H3/t12-,13+,14-/m1/s1. The largest absolute Gasteiger partial charge is 0.491 e. The van der Waals surface area contributed by atoms with Gasteiger partial charge in [0.05, 0.1) is 12.2 Å². The van der Waals surface area contributed by atoms with Gasteiger partial charge in [0.2, 0.25) is 0 Å². The topological polar surface area (TPSA) is 41.9 Å². The molecule has 3 atom stereocenters. The van der Waals surface area contributed by atoms with Gasteiger partial charge in [0.15, 0.2) is 0 Å². The van der Waals surface area contributed by atoms with Crippen molar-refractivity contribution in [3.8, 4) is 5.75 Å². The number of hydrogen-bond acceptors (Lipinski definition) is 4. The first kappa shape index (κ1) is 14.3. The number of aliphatic hydroxyl groups excluding tert-OH is 1. The van der Waals surface area contributed by atoms with Gasteiger partial charge in [-0.15, -0.1) is 0 Å². The zero-order valence-electron chi connectivity index (χ0n) is 11.7. The molecule has 106 valence electrons. The van der Waals surface area contributed by atoms with Crippen LogP contribution in [0.25, 0.3) is 0 Å². The number of rotatable bonds is 5. The van der Waals surface area contributed by atoms with Crippen molar-refractivity contribution < 1.29 is 14.6 Å². The van der Waals surface area contributed by atoms with E-state index >= 15 is 0 Å². The molecule has 0 aliphatic carbocycles. The minimum Gasteiger partial charge on any atom is -0.491 e. The minimum atomic E-state index is -0.474. The summed E-state index contributed by atoms with van der Waals surface area (Å²) < 4.78 is 11.2. The molecule has 0 radical (unpaired) electrons. The second kappa shape index (κ2) is 6.89. The van der Waals surface area contributed by atoms with E-state index in [0.717, 1.165) is 18.8 Å². The molecule has 4 heteroatoms. The van der Waals surface area contributed by atoms with Crippen molar-refractivity contribution in [3.63, 3.8) is 0 Å². The predicted octanol–water partition coefficient (Wildman–Crippen LogP) is 1.54. The average molecular weight is 265 g/mol. The lowest BCUT2D eigenvalue weighted by Crippen LogP contribution is -2.48. The van der Waals surface area contributed by atoms with Crippen molar-refractivity contribution in [3.05, 3.63) is 30.3 Å². The highest BCUT2D eigenvalue weighted by Crippen LogP contribution is 2.12. The smallest absolute Gasteiger partial charge is 0.119 e. The Morgan fingerprint density at radius 1 is 1.26 bits per heavy atom. The van der Waals surface area contributed by atoms with Crippen LogP contribution >= 0.6 is 0 Å². The van der Waals surface area contributed by atoms with Gasteiger partial charge in [0.1, 0.15) is 18.5 Å². The lowest BCUT2D eigenvalue weighted by atomic mass is 10.2. The van der Waals surface area contributed by atoms with Crippen LogP contribution in [0.3, 0.4) is 0 Å². The lowest BCUT2D eigenvalue weighted by Gasteiger charge is -2.36. The van der Waals surface area contributed by atoms with Gasteiger partial charge in [-0.3, -0.25) is 4.90 Å². The molecule has 0 bridgehead atoms. The van der Waals surface area contributed by atoms with E-state index < -0.39 is 6.10 Å². The Morgan fingerprint density at radius 3 is 2.53 bits per heavy atom. The van der Waals surface area contributed by atoms with Gasteiger partial charge in [-0.1, -0.05) is 18.2 Å². The molecule has 1 fully saturated rings.